The Labute approximate surface area is 78.4 Å². The molecule has 1 saturated heterocycles. The summed E-state index contributed by atoms with van der Waals surface area (Å²) in [6.45, 7) is 7.77. The number of hydrogen-bond donors (Lipinski definition) is 0. The topological polar surface area (TPSA) is 9.23 Å². The molecular weight excluding hydrogens is 168 g/mol. The maximum Gasteiger partial charge on any atom is 0.0980 e. The number of rotatable bonds is 1. The first kappa shape index (κ1) is 10.3. The van der Waals surface area contributed by atoms with Crippen molar-refractivity contribution in [3.63, 3.8) is 0 Å². The SMILES string of the molecule is CC=S(C)C1CC(C)(C)CCO1. The smallest absolute Gasteiger partial charge is 0.0980 e. The van der Waals surface area contributed by atoms with Crippen molar-refractivity contribution in [2.75, 3.05) is 12.9 Å². The van der Waals surface area contributed by atoms with Crippen LogP contribution in [0.3, 0.4) is 0 Å². The lowest BCUT2D eigenvalue weighted by molar-refractivity contribution is 0.0122. The van der Waals surface area contributed by atoms with Gasteiger partial charge in [0.15, 0.2) is 0 Å². The highest BCUT2D eigenvalue weighted by molar-refractivity contribution is 8.14. The van der Waals surface area contributed by atoms with Gasteiger partial charge in [0.25, 0.3) is 0 Å². The van der Waals surface area contributed by atoms with Crippen LogP contribution < -0.4 is 0 Å². The third kappa shape index (κ3) is 2.60. The van der Waals surface area contributed by atoms with Gasteiger partial charge < -0.3 is 4.74 Å². The van der Waals surface area contributed by atoms with Crippen LogP contribution in [0.25, 0.3) is 0 Å². The molecule has 0 radical (unpaired) electrons. The molecule has 1 fully saturated rings. The maximum absolute atomic E-state index is 5.75. The van der Waals surface area contributed by atoms with Crippen molar-refractivity contribution in [1.82, 2.24) is 0 Å². The molecule has 0 aliphatic carbocycles. The highest BCUT2D eigenvalue weighted by Gasteiger charge is 2.28. The molecule has 0 amide bonds. The normalized spacial score (nSPS) is 31.8. The minimum absolute atomic E-state index is 0.343. The fourth-order valence-electron chi connectivity index (χ4n) is 1.47. The summed E-state index contributed by atoms with van der Waals surface area (Å²) in [5.74, 6) is 0. The Kier molecular flexibility index (Phi) is 3.36. The third-order valence-electron chi connectivity index (χ3n) is 2.59. The molecular formula is C10H20OS. The highest BCUT2D eigenvalue weighted by atomic mass is 32.2. The summed E-state index contributed by atoms with van der Waals surface area (Å²) in [4.78, 5) is 0. The zero-order valence-corrected chi connectivity index (χ0v) is 9.41. The van der Waals surface area contributed by atoms with Crippen molar-refractivity contribution in [3.8, 4) is 0 Å². The Bertz CT molecular complexity index is 184. The van der Waals surface area contributed by atoms with E-state index in [0.29, 0.717) is 21.3 Å². The van der Waals surface area contributed by atoms with Gasteiger partial charge in [-0.15, -0.1) is 0 Å². The Hall–Kier alpha value is 0.180. The van der Waals surface area contributed by atoms with E-state index in [-0.39, 0.29) is 0 Å². The average molecular weight is 188 g/mol. The molecule has 12 heavy (non-hydrogen) atoms. The van der Waals surface area contributed by atoms with Crippen LogP contribution >= 0.6 is 10.5 Å². The molecule has 1 aliphatic heterocycles. The fraction of sp³-hybridized carbons (Fsp3) is 0.900. The summed E-state index contributed by atoms with van der Waals surface area (Å²) in [7, 11) is 0.343. The van der Waals surface area contributed by atoms with Gasteiger partial charge in [0.1, 0.15) is 0 Å². The van der Waals surface area contributed by atoms with Gasteiger partial charge >= 0.3 is 0 Å². The van der Waals surface area contributed by atoms with Gasteiger partial charge in [0.05, 0.1) is 5.44 Å². The van der Waals surface area contributed by atoms with Crippen molar-refractivity contribution in [1.29, 1.82) is 0 Å². The Morgan fingerprint density at radius 2 is 2.17 bits per heavy atom. The predicted molar refractivity (Wildman–Crippen MR) is 58.0 cm³/mol. The van der Waals surface area contributed by atoms with E-state index >= 15 is 0 Å². The standard InChI is InChI=1S/C10H20OS/c1-5-12(4)9-8-10(2,3)6-7-11-9/h5,9H,6-8H2,1-4H3. The molecule has 0 saturated carbocycles. The van der Waals surface area contributed by atoms with Gasteiger partial charge in [0, 0.05) is 6.61 Å². The van der Waals surface area contributed by atoms with E-state index in [1.807, 2.05) is 0 Å². The van der Waals surface area contributed by atoms with Gasteiger partial charge in [-0.3, -0.25) is 0 Å². The van der Waals surface area contributed by atoms with Gasteiger partial charge in [0.2, 0.25) is 0 Å². The maximum atomic E-state index is 5.75. The van der Waals surface area contributed by atoms with Gasteiger partial charge in [-0.1, -0.05) is 19.2 Å². The van der Waals surface area contributed by atoms with Gasteiger partial charge in [-0.05, 0) is 31.4 Å². The monoisotopic (exact) mass is 188 g/mol. The average Bonchev–Trinajstić information content (AvgIpc) is 2.01. The van der Waals surface area contributed by atoms with Crippen LogP contribution in [0, 0.1) is 5.41 Å². The highest BCUT2D eigenvalue weighted by Crippen LogP contribution is 2.37. The molecule has 0 aromatic carbocycles. The third-order valence-corrected chi connectivity index (χ3v) is 4.46. The molecule has 2 atom stereocenters. The Balaban J connectivity index is 2.58. The first-order valence-electron chi connectivity index (χ1n) is 4.60. The molecule has 0 aromatic rings. The first-order chi connectivity index (χ1) is 5.55. The Morgan fingerprint density at radius 3 is 2.67 bits per heavy atom. The van der Waals surface area contributed by atoms with Crippen LogP contribution in [0.1, 0.15) is 33.6 Å². The summed E-state index contributed by atoms with van der Waals surface area (Å²) in [6.07, 6.45) is 4.70. The van der Waals surface area contributed by atoms with E-state index in [4.69, 9.17) is 4.74 Å². The van der Waals surface area contributed by atoms with E-state index in [2.05, 4.69) is 32.4 Å². The number of hydrogen-bond acceptors (Lipinski definition) is 1. The fourth-order valence-corrected chi connectivity index (χ4v) is 2.80. The summed E-state index contributed by atoms with van der Waals surface area (Å²) < 4.78 is 5.75. The second-order valence-corrected chi connectivity index (χ2v) is 6.47. The van der Waals surface area contributed by atoms with Crippen LogP contribution in [-0.4, -0.2) is 23.7 Å². The molecule has 0 aromatic heterocycles. The van der Waals surface area contributed by atoms with E-state index in [9.17, 15) is 0 Å². The van der Waals surface area contributed by atoms with Crippen molar-refractivity contribution in [2.45, 2.75) is 39.0 Å². The van der Waals surface area contributed by atoms with Crippen LogP contribution in [0.4, 0.5) is 0 Å². The van der Waals surface area contributed by atoms with Crippen molar-refractivity contribution < 1.29 is 4.74 Å². The second-order valence-electron chi connectivity index (χ2n) is 4.26. The summed E-state index contributed by atoms with van der Waals surface area (Å²) in [5, 5.41) is 2.27. The number of ether oxygens (including phenoxy) is 1. The minimum atomic E-state index is 0.343. The van der Waals surface area contributed by atoms with Crippen LogP contribution in [0.2, 0.25) is 0 Å². The largest absolute Gasteiger partial charge is 0.368 e. The molecule has 1 aliphatic rings. The van der Waals surface area contributed by atoms with Crippen molar-refractivity contribution in [2.24, 2.45) is 5.41 Å². The van der Waals surface area contributed by atoms with E-state index < -0.39 is 0 Å². The lowest BCUT2D eigenvalue weighted by atomic mass is 9.85. The molecule has 0 spiro atoms. The molecule has 0 N–H and O–H groups in total. The van der Waals surface area contributed by atoms with Crippen molar-refractivity contribution >= 4 is 15.9 Å². The minimum Gasteiger partial charge on any atom is -0.368 e. The molecule has 2 unspecified atom stereocenters. The first-order valence-corrected chi connectivity index (χ1v) is 6.36. The molecule has 1 heterocycles. The van der Waals surface area contributed by atoms with E-state index in [1.165, 1.54) is 12.8 Å². The Morgan fingerprint density at radius 1 is 1.50 bits per heavy atom. The summed E-state index contributed by atoms with van der Waals surface area (Å²) >= 11 is 0. The lowest BCUT2D eigenvalue weighted by Crippen LogP contribution is -2.29. The van der Waals surface area contributed by atoms with Crippen molar-refractivity contribution in [3.05, 3.63) is 0 Å². The second kappa shape index (κ2) is 3.93. The molecule has 2 heteroatoms. The summed E-state index contributed by atoms with van der Waals surface area (Å²) in [6, 6.07) is 0. The zero-order valence-electron chi connectivity index (χ0n) is 8.59. The lowest BCUT2D eigenvalue weighted by Gasteiger charge is -2.36. The van der Waals surface area contributed by atoms with E-state index in [0.717, 1.165) is 6.61 Å². The van der Waals surface area contributed by atoms with Gasteiger partial charge in [-0.25, -0.2) is 0 Å². The van der Waals surface area contributed by atoms with Crippen LogP contribution in [0.15, 0.2) is 0 Å². The molecule has 1 nitrogen and oxygen atoms in total. The van der Waals surface area contributed by atoms with Crippen LogP contribution in [-0.2, 0) is 4.74 Å². The van der Waals surface area contributed by atoms with E-state index in [1.54, 1.807) is 0 Å². The van der Waals surface area contributed by atoms with Gasteiger partial charge in [-0.2, -0.15) is 10.5 Å². The summed E-state index contributed by atoms with van der Waals surface area (Å²) in [5.41, 5.74) is 0.978. The van der Waals surface area contributed by atoms with Crippen LogP contribution in [0.5, 0.6) is 0 Å². The predicted octanol–water partition coefficient (Wildman–Crippen LogP) is 2.87. The zero-order chi connectivity index (χ0) is 9.19. The molecule has 0 bridgehead atoms. The molecule has 1 rings (SSSR count). The quantitative estimate of drug-likeness (QED) is 0.575. The molecule has 72 valence electrons.